The summed E-state index contributed by atoms with van der Waals surface area (Å²) >= 11 is 0. The number of hydrogen-bond acceptors (Lipinski definition) is 4. The number of nitrogen functional groups attached to an aromatic ring is 1. The second kappa shape index (κ2) is 6.40. The van der Waals surface area contributed by atoms with Crippen LogP contribution < -0.4 is 10.5 Å². The fourth-order valence-corrected chi connectivity index (χ4v) is 1.60. The second-order valence-electron chi connectivity index (χ2n) is 4.76. The number of nitrogens with zero attached hydrogens (tertiary/aromatic N) is 1. The van der Waals surface area contributed by atoms with Gasteiger partial charge in [-0.2, -0.15) is 0 Å². The quantitative estimate of drug-likeness (QED) is 0.601. The molecule has 4 nitrogen and oxygen atoms in total. The molecule has 0 atom stereocenters. The molecular weight excluding hydrogens is 226 g/mol. The third-order valence-corrected chi connectivity index (χ3v) is 3.18. The van der Waals surface area contributed by atoms with Crippen molar-refractivity contribution in [3.05, 3.63) is 23.8 Å². The van der Waals surface area contributed by atoms with Crippen molar-refractivity contribution in [1.29, 1.82) is 5.41 Å². The van der Waals surface area contributed by atoms with Crippen molar-refractivity contribution >= 4 is 11.4 Å². The molecule has 4 heteroatoms. The second-order valence-corrected chi connectivity index (χ2v) is 4.76. The molecule has 0 aromatic heterocycles. The lowest BCUT2D eigenvalue weighted by Crippen LogP contribution is -2.28. The Labute approximate surface area is 109 Å². The summed E-state index contributed by atoms with van der Waals surface area (Å²) < 4.78 is 5.16. The van der Waals surface area contributed by atoms with Gasteiger partial charge >= 0.3 is 0 Å². The monoisotopic (exact) mass is 249 g/mol. The van der Waals surface area contributed by atoms with E-state index in [1.54, 1.807) is 13.2 Å². The third-order valence-electron chi connectivity index (χ3n) is 3.18. The Hall–Kier alpha value is -1.55. The van der Waals surface area contributed by atoms with Crippen molar-refractivity contribution in [3.8, 4) is 5.75 Å². The summed E-state index contributed by atoms with van der Waals surface area (Å²) in [6, 6.07) is 5.91. The van der Waals surface area contributed by atoms with E-state index < -0.39 is 0 Å². The van der Waals surface area contributed by atoms with Gasteiger partial charge in [-0.05, 0) is 39.1 Å². The summed E-state index contributed by atoms with van der Waals surface area (Å²) in [5, 5.41) is 8.11. The Morgan fingerprint density at radius 2 is 2.11 bits per heavy atom. The van der Waals surface area contributed by atoms with Gasteiger partial charge in [0.15, 0.2) is 0 Å². The molecule has 0 amide bonds. The van der Waals surface area contributed by atoms with Crippen LogP contribution in [0.2, 0.25) is 0 Å². The molecule has 18 heavy (non-hydrogen) atoms. The van der Waals surface area contributed by atoms with Crippen LogP contribution in [0.3, 0.4) is 0 Å². The highest BCUT2D eigenvalue weighted by molar-refractivity contribution is 6.03. The first-order valence-electron chi connectivity index (χ1n) is 6.17. The van der Waals surface area contributed by atoms with Gasteiger partial charge in [-0.3, -0.25) is 0 Å². The molecule has 1 rings (SSSR count). The molecule has 0 aliphatic carbocycles. The van der Waals surface area contributed by atoms with E-state index in [-0.39, 0.29) is 0 Å². The van der Waals surface area contributed by atoms with Crippen LogP contribution >= 0.6 is 0 Å². The largest absolute Gasteiger partial charge is 0.497 e. The molecule has 0 heterocycles. The maximum Gasteiger partial charge on any atom is 0.119 e. The zero-order chi connectivity index (χ0) is 13.7. The van der Waals surface area contributed by atoms with Gasteiger partial charge in [-0.25, -0.2) is 0 Å². The van der Waals surface area contributed by atoms with Crippen molar-refractivity contribution in [2.75, 3.05) is 26.4 Å². The number of anilines is 1. The van der Waals surface area contributed by atoms with E-state index in [4.69, 9.17) is 15.9 Å². The molecule has 1 aromatic rings. The predicted octanol–water partition coefficient (Wildman–Crippen LogP) is 2.38. The Bertz CT molecular complexity index is 416. The van der Waals surface area contributed by atoms with Crippen molar-refractivity contribution in [2.45, 2.75) is 26.3 Å². The normalized spacial score (nSPS) is 11.0. The van der Waals surface area contributed by atoms with Crippen molar-refractivity contribution < 1.29 is 4.74 Å². The Morgan fingerprint density at radius 1 is 1.44 bits per heavy atom. The number of nitrogens with one attached hydrogen (secondary N) is 1. The highest BCUT2D eigenvalue weighted by Crippen LogP contribution is 2.20. The van der Waals surface area contributed by atoms with Crippen LogP contribution in [0, 0.1) is 5.41 Å². The van der Waals surface area contributed by atoms with Crippen molar-refractivity contribution in [2.24, 2.45) is 0 Å². The van der Waals surface area contributed by atoms with Gasteiger partial charge in [0.1, 0.15) is 5.75 Å². The lowest BCUT2D eigenvalue weighted by Gasteiger charge is -2.21. The lowest BCUT2D eigenvalue weighted by atomic mass is 10.0. The van der Waals surface area contributed by atoms with E-state index >= 15 is 0 Å². The molecule has 0 bridgehead atoms. The van der Waals surface area contributed by atoms with Gasteiger partial charge < -0.3 is 20.8 Å². The molecule has 100 valence electrons. The third kappa shape index (κ3) is 3.74. The maximum absolute atomic E-state index is 8.11. The van der Waals surface area contributed by atoms with E-state index in [1.165, 1.54) is 0 Å². The molecule has 0 saturated carbocycles. The number of ether oxygens (including phenoxy) is 1. The number of nitrogens with two attached hydrogens (primary N) is 1. The van der Waals surface area contributed by atoms with Gasteiger partial charge in [0.2, 0.25) is 0 Å². The van der Waals surface area contributed by atoms with Crippen molar-refractivity contribution in [3.63, 3.8) is 0 Å². The van der Waals surface area contributed by atoms with Gasteiger partial charge in [-0.1, -0.05) is 0 Å². The smallest absolute Gasteiger partial charge is 0.119 e. The van der Waals surface area contributed by atoms with Crippen LogP contribution in [0.5, 0.6) is 5.75 Å². The molecular formula is C14H23N3O. The summed E-state index contributed by atoms with van der Waals surface area (Å²) in [6.07, 6.45) is 0.687. The number of benzene rings is 1. The number of methoxy groups -OCH3 is 1. The molecule has 0 radical (unpaired) electrons. The van der Waals surface area contributed by atoms with Crippen LogP contribution in [-0.2, 0) is 0 Å². The molecule has 0 fully saturated rings. The topological polar surface area (TPSA) is 62.3 Å². The molecule has 3 N–H and O–H groups in total. The summed E-state index contributed by atoms with van der Waals surface area (Å²) in [5.74, 6) is 0.737. The highest BCUT2D eigenvalue weighted by atomic mass is 16.5. The lowest BCUT2D eigenvalue weighted by molar-refractivity contribution is 0.282. The van der Waals surface area contributed by atoms with E-state index in [1.807, 2.05) is 12.1 Å². The first-order valence-corrected chi connectivity index (χ1v) is 6.17. The average Bonchev–Trinajstić information content (AvgIpc) is 2.35. The highest BCUT2D eigenvalue weighted by Gasteiger charge is 2.10. The first kappa shape index (κ1) is 14.5. The molecule has 0 aliphatic rings. The van der Waals surface area contributed by atoms with E-state index in [0.717, 1.165) is 17.9 Å². The van der Waals surface area contributed by atoms with Crippen LogP contribution in [-0.4, -0.2) is 37.4 Å². The van der Waals surface area contributed by atoms with Crippen molar-refractivity contribution in [1.82, 2.24) is 4.90 Å². The van der Waals surface area contributed by atoms with Gasteiger partial charge in [0.05, 0.1) is 7.11 Å². The number of hydrogen-bond donors (Lipinski definition) is 2. The van der Waals surface area contributed by atoms with Crippen LogP contribution in [0.25, 0.3) is 0 Å². The summed E-state index contributed by atoms with van der Waals surface area (Å²) in [7, 11) is 3.68. The Morgan fingerprint density at radius 3 is 2.67 bits per heavy atom. The Balaban J connectivity index is 2.72. The minimum atomic E-state index is 0.487. The average molecular weight is 249 g/mol. The van der Waals surface area contributed by atoms with Crippen LogP contribution in [0.15, 0.2) is 18.2 Å². The van der Waals surface area contributed by atoms with E-state index in [0.29, 0.717) is 23.9 Å². The van der Waals surface area contributed by atoms with Crippen LogP contribution in [0.4, 0.5) is 5.69 Å². The minimum absolute atomic E-state index is 0.487. The summed E-state index contributed by atoms with van der Waals surface area (Å²) in [6.45, 7) is 5.14. The van der Waals surface area contributed by atoms with E-state index in [2.05, 4.69) is 25.8 Å². The number of rotatable bonds is 6. The van der Waals surface area contributed by atoms with Crippen LogP contribution in [0.1, 0.15) is 25.8 Å². The minimum Gasteiger partial charge on any atom is -0.497 e. The zero-order valence-electron chi connectivity index (χ0n) is 11.7. The van der Waals surface area contributed by atoms with Gasteiger partial charge in [0.25, 0.3) is 0 Å². The fraction of sp³-hybridized carbons (Fsp3) is 0.500. The standard InChI is InChI=1S/C14H23N3O/c1-10(2)17(3)8-7-14(16)12-9-11(18-4)5-6-13(12)15/h5-6,9-10,16H,7-8,15H2,1-4H3. The summed E-state index contributed by atoms with van der Waals surface area (Å²) in [5.41, 5.74) is 7.86. The molecule has 0 aliphatic heterocycles. The first-order chi connectivity index (χ1) is 8.45. The molecule has 0 spiro atoms. The summed E-state index contributed by atoms with van der Waals surface area (Å²) in [4.78, 5) is 2.21. The van der Waals surface area contributed by atoms with Gasteiger partial charge in [0, 0.05) is 36.0 Å². The predicted molar refractivity (Wildman–Crippen MR) is 76.6 cm³/mol. The van der Waals surface area contributed by atoms with E-state index in [9.17, 15) is 0 Å². The molecule has 0 saturated heterocycles. The van der Waals surface area contributed by atoms with Gasteiger partial charge in [-0.15, -0.1) is 0 Å². The maximum atomic E-state index is 8.11. The Kier molecular flexibility index (Phi) is 5.16. The fourth-order valence-electron chi connectivity index (χ4n) is 1.60. The molecule has 1 aromatic carbocycles. The molecule has 0 unspecified atom stereocenters. The SMILES string of the molecule is COc1ccc(N)c(C(=N)CCN(C)C(C)C)c1. The zero-order valence-corrected chi connectivity index (χ0v) is 11.7.